The summed E-state index contributed by atoms with van der Waals surface area (Å²) in [6, 6.07) is 28.2. The lowest BCUT2D eigenvalue weighted by molar-refractivity contribution is 0.886. The van der Waals surface area contributed by atoms with Gasteiger partial charge < -0.3 is 0 Å². The van der Waals surface area contributed by atoms with Gasteiger partial charge in [0.1, 0.15) is 0 Å². The second kappa shape index (κ2) is 15.8. The van der Waals surface area contributed by atoms with Crippen LogP contribution >= 0.6 is 0 Å². The van der Waals surface area contributed by atoms with Gasteiger partial charge in [-0.15, -0.1) is 12.8 Å². The van der Waals surface area contributed by atoms with Crippen molar-refractivity contribution in [3.8, 4) is 12.8 Å². The predicted molar refractivity (Wildman–Crippen MR) is 135 cm³/mol. The van der Waals surface area contributed by atoms with Crippen molar-refractivity contribution in [1.29, 1.82) is 0 Å². The highest BCUT2D eigenvalue weighted by Crippen LogP contribution is 2.14. The minimum atomic E-state index is 0.987. The SMILES string of the molecule is C#C.CCCC.CCc1ccccc1C/C=C/c1cccc(Cc2ccccc2)c1. The van der Waals surface area contributed by atoms with Crippen molar-refractivity contribution >= 4 is 6.08 Å². The fraction of sp³-hybridized carbons (Fsp3) is 0.267. The maximum Gasteiger partial charge on any atom is -0.00256 e. The van der Waals surface area contributed by atoms with Crippen LogP contribution in [0.1, 0.15) is 61.4 Å². The molecule has 0 unspecified atom stereocenters. The zero-order valence-electron chi connectivity index (χ0n) is 18.9. The average Bonchev–Trinajstić information content (AvgIpc) is 2.82. The van der Waals surface area contributed by atoms with Crippen LogP contribution in [0.15, 0.2) is 84.9 Å². The smallest absolute Gasteiger partial charge is 0.00256 e. The lowest BCUT2D eigenvalue weighted by Gasteiger charge is -2.05. The Labute approximate surface area is 184 Å². The van der Waals surface area contributed by atoms with Crippen molar-refractivity contribution in [2.75, 3.05) is 0 Å². The van der Waals surface area contributed by atoms with E-state index in [2.05, 4.69) is 125 Å². The molecule has 0 fully saturated rings. The number of rotatable bonds is 7. The fourth-order valence-electron chi connectivity index (χ4n) is 3.06. The lowest BCUT2D eigenvalue weighted by Crippen LogP contribution is -1.90. The van der Waals surface area contributed by atoms with Crippen molar-refractivity contribution in [3.63, 3.8) is 0 Å². The van der Waals surface area contributed by atoms with Gasteiger partial charge in [-0.25, -0.2) is 0 Å². The Morgan fingerprint density at radius 3 is 1.90 bits per heavy atom. The number of aryl methyl sites for hydroxylation is 1. The van der Waals surface area contributed by atoms with Crippen molar-refractivity contribution in [2.24, 2.45) is 0 Å². The number of allylic oxidation sites excluding steroid dienone is 1. The van der Waals surface area contributed by atoms with Crippen LogP contribution in [-0.2, 0) is 19.3 Å². The number of benzene rings is 3. The minimum Gasteiger partial charge on any atom is -0.124 e. The second-order valence-electron chi connectivity index (χ2n) is 7.14. The molecule has 0 saturated heterocycles. The largest absolute Gasteiger partial charge is 0.124 e. The van der Waals surface area contributed by atoms with Crippen LogP contribution in [-0.4, -0.2) is 0 Å². The Bertz CT molecular complexity index is 867. The molecule has 0 N–H and O–H groups in total. The first kappa shape index (κ1) is 25.0. The Hall–Kier alpha value is -3.04. The third-order valence-electron chi connectivity index (χ3n) is 4.85. The molecule has 0 aliphatic heterocycles. The Kier molecular flexibility index (Phi) is 13.2. The Morgan fingerprint density at radius 2 is 1.27 bits per heavy atom. The number of terminal acetylenes is 1. The van der Waals surface area contributed by atoms with E-state index in [4.69, 9.17) is 0 Å². The molecule has 0 radical (unpaired) electrons. The minimum absolute atomic E-state index is 0.987. The molecule has 0 aliphatic carbocycles. The van der Waals surface area contributed by atoms with Crippen molar-refractivity contribution in [2.45, 2.75) is 52.9 Å². The molecule has 0 saturated carbocycles. The van der Waals surface area contributed by atoms with Crippen molar-refractivity contribution < 1.29 is 0 Å². The van der Waals surface area contributed by atoms with E-state index in [0.29, 0.717) is 0 Å². The van der Waals surface area contributed by atoms with E-state index < -0.39 is 0 Å². The molecule has 156 valence electrons. The van der Waals surface area contributed by atoms with Gasteiger partial charge in [0.2, 0.25) is 0 Å². The van der Waals surface area contributed by atoms with Crippen molar-refractivity contribution in [3.05, 3.63) is 113 Å². The van der Waals surface area contributed by atoms with Crippen LogP contribution in [0.3, 0.4) is 0 Å². The molecule has 0 aromatic heterocycles. The summed E-state index contributed by atoms with van der Waals surface area (Å²) < 4.78 is 0. The maximum absolute atomic E-state index is 4.00. The first-order valence-electron chi connectivity index (χ1n) is 11.0. The average molecular weight is 397 g/mol. The zero-order valence-corrected chi connectivity index (χ0v) is 18.9. The molecule has 0 spiro atoms. The van der Waals surface area contributed by atoms with Crippen LogP contribution in [0.5, 0.6) is 0 Å². The van der Waals surface area contributed by atoms with Gasteiger partial charge in [-0.05, 0) is 47.1 Å². The Morgan fingerprint density at radius 1 is 0.667 bits per heavy atom. The summed E-state index contributed by atoms with van der Waals surface area (Å²) in [6.07, 6.45) is 18.2. The molecule has 3 aromatic carbocycles. The molecule has 3 rings (SSSR count). The molecule has 3 aromatic rings. The highest BCUT2D eigenvalue weighted by atomic mass is 14.0. The number of unbranched alkanes of at least 4 members (excludes halogenated alkanes) is 1. The number of hydrogen-bond donors (Lipinski definition) is 0. The predicted octanol–water partition coefficient (Wildman–Crippen LogP) is 8.15. The van der Waals surface area contributed by atoms with Gasteiger partial charge in [0.15, 0.2) is 0 Å². The van der Waals surface area contributed by atoms with Gasteiger partial charge >= 0.3 is 0 Å². The van der Waals surface area contributed by atoms with Gasteiger partial charge in [-0.2, -0.15) is 0 Å². The van der Waals surface area contributed by atoms with E-state index >= 15 is 0 Å². The second-order valence-corrected chi connectivity index (χ2v) is 7.14. The third kappa shape index (κ3) is 9.44. The summed E-state index contributed by atoms with van der Waals surface area (Å²) in [7, 11) is 0. The van der Waals surface area contributed by atoms with Gasteiger partial charge in [0.05, 0.1) is 0 Å². The van der Waals surface area contributed by atoms with E-state index in [1.165, 1.54) is 40.7 Å². The van der Waals surface area contributed by atoms with Gasteiger partial charge in [-0.3, -0.25) is 0 Å². The van der Waals surface area contributed by atoms with E-state index in [-0.39, 0.29) is 0 Å². The third-order valence-corrected chi connectivity index (χ3v) is 4.85. The molecular formula is C30H36. The molecule has 0 aliphatic rings. The van der Waals surface area contributed by atoms with Crippen LogP contribution in [0.25, 0.3) is 6.08 Å². The summed E-state index contributed by atoms with van der Waals surface area (Å²) in [4.78, 5) is 0. The van der Waals surface area contributed by atoms with Crippen LogP contribution in [0.2, 0.25) is 0 Å². The molecule has 0 bridgehead atoms. The first-order chi connectivity index (χ1) is 14.8. The molecule has 0 heterocycles. The zero-order chi connectivity index (χ0) is 22.0. The molecule has 30 heavy (non-hydrogen) atoms. The van der Waals surface area contributed by atoms with E-state index in [9.17, 15) is 0 Å². The quantitative estimate of drug-likeness (QED) is 0.353. The summed E-state index contributed by atoms with van der Waals surface area (Å²) in [5.74, 6) is 0. The molecule has 0 heteroatoms. The number of hydrogen-bond acceptors (Lipinski definition) is 0. The summed E-state index contributed by atoms with van der Waals surface area (Å²) in [6.45, 7) is 6.58. The van der Waals surface area contributed by atoms with E-state index in [1.54, 1.807) is 0 Å². The lowest BCUT2D eigenvalue weighted by atomic mass is 10.0. The fourth-order valence-corrected chi connectivity index (χ4v) is 3.06. The van der Waals surface area contributed by atoms with Crippen LogP contribution in [0.4, 0.5) is 0 Å². The van der Waals surface area contributed by atoms with Crippen LogP contribution < -0.4 is 0 Å². The molecule has 0 atom stereocenters. The Balaban J connectivity index is 0.000000673. The molecular weight excluding hydrogens is 360 g/mol. The van der Waals surface area contributed by atoms with Gasteiger partial charge in [0.25, 0.3) is 0 Å². The monoisotopic (exact) mass is 396 g/mol. The first-order valence-corrected chi connectivity index (χ1v) is 11.0. The summed E-state index contributed by atoms with van der Waals surface area (Å²) in [5.41, 5.74) is 6.86. The van der Waals surface area contributed by atoms with Crippen molar-refractivity contribution in [1.82, 2.24) is 0 Å². The highest BCUT2D eigenvalue weighted by molar-refractivity contribution is 5.51. The van der Waals surface area contributed by atoms with Gasteiger partial charge in [-0.1, -0.05) is 125 Å². The standard InChI is InChI=1S/C24H24.C4H10.C2H2/c1-2-23-15-6-7-16-24(23)17-9-13-21-12-8-14-22(19-21)18-20-10-4-3-5-11-20;1-3-4-2;1-2/h3-16,19H,2,17-18H2,1H3;3-4H2,1-2H3;1-2H/b13-9+;;. The summed E-state index contributed by atoms with van der Waals surface area (Å²) in [5, 5.41) is 0. The highest BCUT2D eigenvalue weighted by Gasteiger charge is 1.98. The molecule has 0 amide bonds. The normalized spacial score (nSPS) is 9.90. The topological polar surface area (TPSA) is 0 Å². The van der Waals surface area contributed by atoms with E-state index in [0.717, 1.165) is 19.3 Å². The summed E-state index contributed by atoms with van der Waals surface area (Å²) >= 11 is 0. The molecule has 0 nitrogen and oxygen atoms in total. The van der Waals surface area contributed by atoms with Gasteiger partial charge in [0, 0.05) is 0 Å². The van der Waals surface area contributed by atoms with Crippen LogP contribution in [0, 0.1) is 12.8 Å². The maximum atomic E-state index is 4.00. The van der Waals surface area contributed by atoms with E-state index in [1.807, 2.05) is 0 Å².